The summed E-state index contributed by atoms with van der Waals surface area (Å²) in [6.45, 7) is 6.56. The third kappa shape index (κ3) is 2.46. The van der Waals surface area contributed by atoms with Crippen molar-refractivity contribution in [2.75, 3.05) is 0 Å². The number of nitrogens with one attached hydrogen (secondary N) is 1. The largest absolute Gasteiger partial charge is 0.352 e. The van der Waals surface area contributed by atoms with E-state index in [0.717, 1.165) is 25.7 Å². The minimum atomic E-state index is -0.00617. The maximum atomic E-state index is 12.4. The van der Waals surface area contributed by atoms with Crippen LogP contribution in [0.2, 0.25) is 0 Å². The molecular formula is C15H26N2O. The van der Waals surface area contributed by atoms with Crippen LogP contribution in [0.15, 0.2) is 12.2 Å². The molecule has 2 aliphatic carbocycles. The molecule has 0 aromatic carbocycles. The highest BCUT2D eigenvalue weighted by Gasteiger charge is 2.45. The highest BCUT2D eigenvalue weighted by atomic mass is 16.2. The summed E-state index contributed by atoms with van der Waals surface area (Å²) >= 11 is 0. The summed E-state index contributed by atoms with van der Waals surface area (Å²) in [5, 5.41) is 3.20. The minimum absolute atomic E-state index is 0.00617. The van der Waals surface area contributed by atoms with Crippen molar-refractivity contribution < 1.29 is 4.79 Å². The Bertz CT molecular complexity index is 340. The van der Waals surface area contributed by atoms with Crippen molar-refractivity contribution in [3.05, 3.63) is 12.2 Å². The third-order valence-corrected chi connectivity index (χ3v) is 5.17. The van der Waals surface area contributed by atoms with Gasteiger partial charge in [0.25, 0.3) is 0 Å². The maximum Gasteiger partial charge on any atom is 0.223 e. The van der Waals surface area contributed by atoms with Crippen LogP contribution in [0.1, 0.15) is 46.5 Å². The molecule has 102 valence electrons. The van der Waals surface area contributed by atoms with Gasteiger partial charge in [-0.1, -0.05) is 32.9 Å². The molecule has 0 aromatic heterocycles. The van der Waals surface area contributed by atoms with E-state index >= 15 is 0 Å². The van der Waals surface area contributed by atoms with Crippen molar-refractivity contribution in [2.45, 2.75) is 58.5 Å². The third-order valence-electron chi connectivity index (χ3n) is 5.17. The quantitative estimate of drug-likeness (QED) is 0.738. The lowest BCUT2D eigenvalue weighted by atomic mass is 9.61. The van der Waals surface area contributed by atoms with Gasteiger partial charge in [0.1, 0.15) is 0 Å². The fourth-order valence-corrected chi connectivity index (χ4v) is 3.36. The monoisotopic (exact) mass is 250 g/mol. The number of nitrogens with two attached hydrogens (primary N) is 1. The van der Waals surface area contributed by atoms with E-state index in [1.165, 1.54) is 0 Å². The van der Waals surface area contributed by atoms with E-state index in [0.29, 0.717) is 12.0 Å². The molecule has 0 radical (unpaired) electrons. The Morgan fingerprint density at radius 2 is 1.89 bits per heavy atom. The Morgan fingerprint density at radius 3 is 2.50 bits per heavy atom. The lowest BCUT2D eigenvalue weighted by Crippen LogP contribution is -2.52. The molecule has 0 spiro atoms. The molecule has 0 saturated heterocycles. The van der Waals surface area contributed by atoms with Gasteiger partial charge in [-0.15, -0.1) is 0 Å². The second-order valence-corrected chi connectivity index (χ2v) is 6.55. The summed E-state index contributed by atoms with van der Waals surface area (Å²) in [5.74, 6) is 0.726. The van der Waals surface area contributed by atoms with Gasteiger partial charge >= 0.3 is 0 Å². The second-order valence-electron chi connectivity index (χ2n) is 6.55. The maximum absolute atomic E-state index is 12.4. The molecule has 0 aromatic rings. The van der Waals surface area contributed by atoms with Crippen molar-refractivity contribution in [2.24, 2.45) is 23.0 Å². The number of hydrogen-bond donors (Lipinski definition) is 2. The number of carbonyl (C=O) groups excluding carboxylic acids is 1. The van der Waals surface area contributed by atoms with Gasteiger partial charge in [0, 0.05) is 18.0 Å². The lowest BCUT2D eigenvalue weighted by molar-refractivity contribution is -0.133. The molecule has 0 bridgehead atoms. The normalized spacial score (nSPS) is 35.7. The molecule has 1 saturated carbocycles. The van der Waals surface area contributed by atoms with Gasteiger partial charge in [-0.05, 0) is 37.0 Å². The Hall–Kier alpha value is -0.830. The summed E-state index contributed by atoms with van der Waals surface area (Å²) in [7, 11) is 0. The molecule has 1 fully saturated rings. The van der Waals surface area contributed by atoms with Crippen molar-refractivity contribution in [1.82, 2.24) is 5.32 Å². The molecule has 3 N–H and O–H groups in total. The Labute approximate surface area is 110 Å². The molecular weight excluding hydrogens is 224 g/mol. The highest BCUT2D eigenvalue weighted by molar-refractivity contribution is 5.80. The number of rotatable bonds is 2. The van der Waals surface area contributed by atoms with Gasteiger partial charge in [-0.2, -0.15) is 0 Å². The van der Waals surface area contributed by atoms with Crippen LogP contribution in [0.25, 0.3) is 0 Å². The molecule has 3 unspecified atom stereocenters. The Kier molecular flexibility index (Phi) is 3.81. The Morgan fingerprint density at radius 1 is 1.28 bits per heavy atom. The SMILES string of the molecule is CC1C(N)CCC(C(=O)NC2CC=CC2)C1(C)C. The second kappa shape index (κ2) is 5.04. The van der Waals surface area contributed by atoms with E-state index in [1.807, 2.05) is 0 Å². The van der Waals surface area contributed by atoms with Crippen LogP contribution in [0.3, 0.4) is 0 Å². The van der Waals surface area contributed by atoms with Crippen LogP contribution in [0, 0.1) is 17.3 Å². The van der Waals surface area contributed by atoms with E-state index in [4.69, 9.17) is 5.73 Å². The first-order valence-corrected chi connectivity index (χ1v) is 7.14. The van der Waals surface area contributed by atoms with Gasteiger partial charge in [0.15, 0.2) is 0 Å². The predicted molar refractivity (Wildman–Crippen MR) is 73.9 cm³/mol. The zero-order valence-corrected chi connectivity index (χ0v) is 11.8. The summed E-state index contributed by atoms with van der Waals surface area (Å²) < 4.78 is 0. The van der Waals surface area contributed by atoms with Gasteiger partial charge in [0.2, 0.25) is 5.91 Å². The van der Waals surface area contributed by atoms with Crippen LogP contribution >= 0.6 is 0 Å². The van der Waals surface area contributed by atoms with Crippen molar-refractivity contribution >= 4 is 5.91 Å². The van der Waals surface area contributed by atoms with Crippen LogP contribution in [-0.2, 0) is 4.79 Å². The van der Waals surface area contributed by atoms with Crippen LogP contribution in [0.5, 0.6) is 0 Å². The fourth-order valence-electron chi connectivity index (χ4n) is 3.36. The van der Waals surface area contributed by atoms with Crippen molar-refractivity contribution in [3.63, 3.8) is 0 Å². The van der Waals surface area contributed by atoms with Gasteiger partial charge < -0.3 is 11.1 Å². The molecule has 3 nitrogen and oxygen atoms in total. The summed E-state index contributed by atoms with van der Waals surface area (Å²) in [5.41, 5.74) is 6.13. The number of hydrogen-bond acceptors (Lipinski definition) is 2. The molecule has 1 amide bonds. The van der Waals surface area contributed by atoms with E-state index in [2.05, 4.69) is 38.2 Å². The standard InChI is InChI=1S/C15H26N2O/c1-10-13(16)9-8-12(15(10,2)3)14(18)17-11-6-4-5-7-11/h4-5,10-13H,6-9,16H2,1-3H3,(H,17,18). The van der Waals surface area contributed by atoms with E-state index in [1.54, 1.807) is 0 Å². The van der Waals surface area contributed by atoms with E-state index in [-0.39, 0.29) is 23.3 Å². The number of carbonyl (C=O) groups is 1. The van der Waals surface area contributed by atoms with Gasteiger partial charge in [-0.25, -0.2) is 0 Å². The fraction of sp³-hybridized carbons (Fsp3) is 0.800. The molecule has 2 rings (SSSR count). The molecule has 18 heavy (non-hydrogen) atoms. The first-order valence-electron chi connectivity index (χ1n) is 7.14. The first kappa shape index (κ1) is 13.6. The van der Waals surface area contributed by atoms with Gasteiger partial charge in [-0.3, -0.25) is 4.79 Å². The molecule has 0 heterocycles. The Balaban J connectivity index is 2.00. The minimum Gasteiger partial charge on any atom is -0.352 e. The average Bonchev–Trinajstić information content (AvgIpc) is 2.78. The number of amides is 1. The molecule has 0 aliphatic heterocycles. The van der Waals surface area contributed by atoms with Crippen LogP contribution in [-0.4, -0.2) is 18.0 Å². The molecule has 3 atom stereocenters. The van der Waals surface area contributed by atoms with E-state index < -0.39 is 0 Å². The zero-order chi connectivity index (χ0) is 13.3. The summed E-state index contributed by atoms with van der Waals surface area (Å²) in [4.78, 5) is 12.4. The smallest absolute Gasteiger partial charge is 0.223 e. The predicted octanol–water partition coefficient (Wildman–Crippen LogP) is 2.22. The topological polar surface area (TPSA) is 55.1 Å². The zero-order valence-electron chi connectivity index (χ0n) is 11.8. The van der Waals surface area contributed by atoms with E-state index in [9.17, 15) is 4.79 Å². The summed E-state index contributed by atoms with van der Waals surface area (Å²) in [6, 6.07) is 0.552. The average molecular weight is 250 g/mol. The van der Waals surface area contributed by atoms with Crippen molar-refractivity contribution in [3.8, 4) is 0 Å². The van der Waals surface area contributed by atoms with Crippen molar-refractivity contribution in [1.29, 1.82) is 0 Å². The first-order chi connectivity index (χ1) is 8.43. The van der Waals surface area contributed by atoms with Crippen LogP contribution in [0.4, 0.5) is 0 Å². The van der Waals surface area contributed by atoms with Crippen LogP contribution < -0.4 is 11.1 Å². The lowest BCUT2D eigenvalue weighted by Gasteiger charge is -2.46. The highest BCUT2D eigenvalue weighted by Crippen LogP contribution is 2.44. The molecule has 3 heteroatoms. The summed E-state index contributed by atoms with van der Waals surface area (Å²) in [6.07, 6.45) is 8.14. The molecule has 2 aliphatic rings. The van der Waals surface area contributed by atoms with Gasteiger partial charge in [0.05, 0.1) is 0 Å².